The topological polar surface area (TPSA) is 73.0 Å². The van der Waals surface area contributed by atoms with E-state index in [9.17, 15) is 13.2 Å². The Balaban J connectivity index is 1.87. The SMILES string of the molecule is Cc1cccc([N-]S(=O)(=O)c2cc(C(=O)N3CC[NH+](C)CC3)ccc2C)c1. The van der Waals surface area contributed by atoms with Crippen LogP contribution in [0.4, 0.5) is 5.69 Å². The quantitative estimate of drug-likeness (QED) is 0.867. The molecule has 27 heavy (non-hydrogen) atoms. The fourth-order valence-electron chi connectivity index (χ4n) is 3.16. The first-order chi connectivity index (χ1) is 12.8. The highest BCUT2D eigenvalue weighted by Gasteiger charge is 2.23. The highest BCUT2D eigenvalue weighted by Crippen LogP contribution is 2.30. The lowest BCUT2D eigenvalue weighted by Gasteiger charge is -2.30. The van der Waals surface area contributed by atoms with E-state index in [0.29, 0.717) is 29.9 Å². The first-order valence-electron chi connectivity index (χ1n) is 9.02. The molecule has 0 unspecified atom stereocenters. The second-order valence-electron chi connectivity index (χ2n) is 7.13. The van der Waals surface area contributed by atoms with Crippen molar-refractivity contribution < 1.29 is 18.1 Å². The second-order valence-corrected chi connectivity index (χ2v) is 8.71. The fraction of sp³-hybridized carbons (Fsp3) is 0.350. The molecule has 1 heterocycles. The minimum Gasteiger partial charge on any atom is -0.573 e. The number of carbonyl (C=O) groups is 1. The van der Waals surface area contributed by atoms with Crippen LogP contribution >= 0.6 is 0 Å². The van der Waals surface area contributed by atoms with E-state index in [2.05, 4.69) is 11.8 Å². The summed E-state index contributed by atoms with van der Waals surface area (Å²) >= 11 is 0. The maximum atomic E-state index is 12.8. The van der Waals surface area contributed by atoms with Crippen LogP contribution in [0.1, 0.15) is 21.5 Å². The lowest BCUT2D eigenvalue weighted by molar-refractivity contribution is -0.883. The number of sulfonamides is 1. The average molecular weight is 388 g/mol. The van der Waals surface area contributed by atoms with Crippen molar-refractivity contribution in [3.05, 3.63) is 63.9 Å². The summed E-state index contributed by atoms with van der Waals surface area (Å²) in [6.07, 6.45) is 0. The molecule has 2 aromatic carbocycles. The molecule has 1 aliphatic rings. The predicted octanol–water partition coefficient (Wildman–Crippen LogP) is 1.67. The van der Waals surface area contributed by atoms with Gasteiger partial charge in [-0.3, -0.25) is 4.79 Å². The Morgan fingerprint density at radius 2 is 1.78 bits per heavy atom. The molecule has 0 saturated carbocycles. The maximum absolute atomic E-state index is 12.8. The van der Waals surface area contributed by atoms with Crippen LogP contribution in [0, 0.1) is 13.8 Å². The van der Waals surface area contributed by atoms with Crippen LogP contribution in [-0.2, 0) is 10.0 Å². The van der Waals surface area contributed by atoms with Gasteiger partial charge in [0.1, 0.15) is 10.0 Å². The number of hydrogen-bond donors (Lipinski definition) is 1. The van der Waals surface area contributed by atoms with Crippen LogP contribution in [0.5, 0.6) is 0 Å². The van der Waals surface area contributed by atoms with E-state index in [1.807, 2.05) is 13.0 Å². The minimum absolute atomic E-state index is 0.0783. The van der Waals surface area contributed by atoms with E-state index in [4.69, 9.17) is 0 Å². The number of amides is 1. The Kier molecular flexibility index (Phi) is 5.53. The van der Waals surface area contributed by atoms with Crippen LogP contribution < -0.4 is 4.90 Å². The smallest absolute Gasteiger partial charge is 0.254 e. The standard InChI is InChI=1S/C20H24N3O3S/c1-15-5-4-6-18(13-15)21-27(25,26)19-14-17(8-7-16(19)2)20(24)23-11-9-22(3)10-12-23/h4-8,13-14H,9-12H2,1-3H3/q-1/p+1. The number of nitrogens with zero attached hydrogens (tertiary/aromatic N) is 2. The van der Waals surface area contributed by atoms with Crippen LogP contribution in [0.2, 0.25) is 0 Å². The third-order valence-corrected chi connectivity index (χ3v) is 6.29. The van der Waals surface area contributed by atoms with E-state index >= 15 is 0 Å². The normalized spacial score (nSPS) is 15.6. The molecule has 144 valence electrons. The third kappa shape index (κ3) is 4.48. The molecule has 0 radical (unpaired) electrons. The summed E-state index contributed by atoms with van der Waals surface area (Å²) < 4.78 is 29.6. The lowest BCUT2D eigenvalue weighted by Crippen LogP contribution is -3.12. The van der Waals surface area contributed by atoms with Crippen molar-refractivity contribution >= 4 is 21.6 Å². The Bertz CT molecular complexity index is 949. The van der Waals surface area contributed by atoms with Gasteiger partial charge in [-0.2, -0.15) is 0 Å². The lowest BCUT2D eigenvalue weighted by atomic mass is 10.1. The van der Waals surface area contributed by atoms with E-state index < -0.39 is 10.0 Å². The molecule has 7 heteroatoms. The summed E-state index contributed by atoms with van der Waals surface area (Å²) in [4.78, 5) is 16.0. The summed E-state index contributed by atoms with van der Waals surface area (Å²) in [5.41, 5.74) is 2.28. The van der Waals surface area contributed by atoms with Gasteiger partial charge in [0.25, 0.3) is 5.91 Å². The van der Waals surface area contributed by atoms with Crippen molar-refractivity contribution in [2.45, 2.75) is 18.7 Å². The van der Waals surface area contributed by atoms with Crippen molar-refractivity contribution in [1.82, 2.24) is 4.90 Å². The molecule has 0 atom stereocenters. The second kappa shape index (κ2) is 7.70. The Hall–Kier alpha value is -2.38. The Morgan fingerprint density at radius 1 is 1.07 bits per heavy atom. The zero-order chi connectivity index (χ0) is 19.6. The Labute approximate surface area is 160 Å². The number of nitrogens with one attached hydrogen (secondary N) is 1. The van der Waals surface area contributed by atoms with Crippen LogP contribution in [0.25, 0.3) is 4.72 Å². The number of rotatable bonds is 4. The molecule has 3 rings (SSSR count). The van der Waals surface area contributed by atoms with Gasteiger partial charge in [0.15, 0.2) is 0 Å². The number of carbonyl (C=O) groups excluding carboxylic acids is 1. The molecule has 0 spiro atoms. The van der Waals surface area contributed by atoms with Gasteiger partial charge >= 0.3 is 0 Å². The van der Waals surface area contributed by atoms with Gasteiger partial charge in [-0.25, -0.2) is 8.42 Å². The Morgan fingerprint density at radius 3 is 2.44 bits per heavy atom. The van der Waals surface area contributed by atoms with E-state index in [1.54, 1.807) is 42.2 Å². The molecule has 0 aliphatic carbocycles. The number of hydrogen-bond acceptors (Lipinski definition) is 3. The molecule has 1 saturated heterocycles. The summed E-state index contributed by atoms with van der Waals surface area (Å²) in [6, 6.07) is 11.8. The zero-order valence-electron chi connectivity index (χ0n) is 15.9. The number of piperazine rings is 1. The first kappa shape index (κ1) is 19.4. The minimum atomic E-state index is -3.91. The molecule has 1 fully saturated rings. The number of benzene rings is 2. The highest BCUT2D eigenvalue weighted by molar-refractivity contribution is 7.94. The number of aryl methyl sites for hydroxylation is 2. The van der Waals surface area contributed by atoms with Gasteiger partial charge < -0.3 is 14.5 Å². The molecular formula is C20H25N3O3S. The van der Waals surface area contributed by atoms with Crippen LogP contribution in [-0.4, -0.2) is 52.5 Å². The van der Waals surface area contributed by atoms with Crippen molar-refractivity contribution in [2.24, 2.45) is 0 Å². The highest BCUT2D eigenvalue weighted by atomic mass is 32.2. The molecule has 1 N–H and O–H groups in total. The van der Waals surface area contributed by atoms with Gasteiger partial charge in [-0.1, -0.05) is 35.9 Å². The van der Waals surface area contributed by atoms with Crippen molar-refractivity contribution in [3.8, 4) is 0 Å². The van der Waals surface area contributed by atoms with Crippen molar-refractivity contribution in [3.63, 3.8) is 0 Å². The summed E-state index contributed by atoms with van der Waals surface area (Å²) in [5, 5.41) is 0. The van der Waals surface area contributed by atoms with Crippen molar-refractivity contribution in [2.75, 3.05) is 33.2 Å². The maximum Gasteiger partial charge on any atom is 0.254 e. The van der Waals surface area contributed by atoms with E-state index in [1.165, 1.54) is 11.0 Å². The fourth-order valence-corrected chi connectivity index (χ4v) is 4.40. The van der Waals surface area contributed by atoms with E-state index in [-0.39, 0.29) is 10.8 Å². The summed E-state index contributed by atoms with van der Waals surface area (Å²) in [5.74, 6) is -0.130. The predicted molar refractivity (Wildman–Crippen MR) is 105 cm³/mol. The van der Waals surface area contributed by atoms with Crippen LogP contribution in [0.15, 0.2) is 47.4 Å². The first-order valence-corrected chi connectivity index (χ1v) is 10.5. The van der Waals surface area contributed by atoms with Gasteiger partial charge in [0, 0.05) is 5.56 Å². The van der Waals surface area contributed by atoms with Gasteiger partial charge in [-0.15, -0.1) is 5.69 Å². The molecule has 6 nitrogen and oxygen atoms in total. The molecule has 2 aromatic rings. The summed E-state index contributed by atoms with van der Waals surface area (Å²) in [6.45, 7) is 6.74. The zero-order valence-corrected chi connectivity index (χ0v) is 16.7. The average Bonchev–Trinajstić information content (AvgIpc) is 2.61. The number of likely N-dealkylation sites (N-methyl/N-ethyl adjacent to an activating group) is 1. The van der Waals surface area contributed by atoms with Gasteiger partial charge in [0.05, 0.1) is 38.1 Å². The monoisotopic (exact) mass is 387 g/mol. The largest absolute Gasteiger partial charge is 0.573 e. The van der Waals surface area contributed by atoms with Crippen molar-refractivity contribution in [1.29, 1.82) is 0 Å². The van der Waals surface area contributed by atoms with Gasteiger partial charge in [-0.05, 0) is 31.5 Å². The number of quaternary nitrogens is 1. The third-order valence-electron chi connectivity index (χ3n) is 4.84. The molecule has 1 aliphatic heterocycles. The molecular weight excluding hydrogens is 362 g/mol. The summed E-state index contributed by atoms with van der Waals surface area (Å²) in [7, 11) is -1.80. The van der Waals surface area contributed by atoms with E-state index in [0.717, 1.165) is 18.7 Å². The molecule has 1 amide bonds. The molecule has 0 bridgehead atoms. The van der Waals surface area contributed by atoms with Gasteiger partial charge in [0.2, 0.25) is 0 Å². The van der Waals surface area contributed by atoms with Crippen LogP contribution in [0.3, 0.4) is 0 Å². The molecule has 0 aromatic heterocycles.